The fourth-order valence-corrected chi connectivity index (χ4v) is 1.93. The van der Waals surface area contributed by atoms with Crippen molar-refractivity contribution in [3.8, 4) is 0 Å². The highest BCUT2D eigenvalue weighted by molar-refractivity contribution is 5.79. The van der Waals surface area contributed by atoms with Gasteiger partial charge in [0.2, 0.25) is 5.91 Å². The molecule has 0 aromatic heterocycles. The summed E-state index contributed by atoms with van der Waals surface area (Å²) < 4.78 is 0. The molecule has 0 aliphatic carbocycles. The third-order valence-electron chi connectivity index (χ3n) is 2.73. The van der Waals surface area contributed by atoms with Crippen LogP contribution in [0.3, 0.4) is 0 Å². The van der Waals surface area contributed by atoms with Crippen LogP contribution < -0.4 is 0 Å². The number of hydrogen-bond donors (Lipinski definition) is 1. The molecule has 0 bridgehead atoms. The average molecular weight is 260 g/mol. The second-order valence-corrected chi connectivity index (χ2v) is 4.13. The van der Waals surface area contributed by atoms with Crippen LogP contribution in [0.2, 0.25) is 0 Å². The average Bonchev–Trinajstić information content (AvgIpc) is 2.90. The molecule has 1 aliphatic heterocycles. The van der Waals surface area contributed by atoms with E-state index in [1.807, 2.05) is 43.5 Å². The number of aliphatic hydroxyl groups is 1. The van der Waals surface area contributed by atoms with Crippen molar-refractivity contribution in [3.05, 3.63) is 48.7 Å². The quantitative estimate of drug-likeness (QED) is 0.846. The zero-order valence-electron chi connectivity index (χ0n) is 11.2. The highest BCUT2D eigenvalue weighted by atomic mass is 16.2. The number of benzene rings is 1. The van der Waals surface area contributed by atoms with Crippen molar-refractivity contribution in [3.63, 3.8) is 0 Å². The Labute approximate surface area is 114 Å². The van der Waals surface area contributed by atoms with Gasteiger partial charge in [-0.1, -0.05) is 43.8 Å². The summed E-state index contributed by atoms with van der Waals surface area (Å²) in [7, 11) is 0. The first-order valence-corrected chi connectivity index (χ1v) is 6.39. The van der Waals surface area contributed by atoms with Crippen LogP contribution in [0.4, 0.5) is 0 Å². The van der Waals surface area contributed by atoms with Gasteiger partial charge in [0.1, 0.15) is 0 Å². The van der Waals surface area contributed by atoms with E-state index in [9.17, 15) is 4.79 Å². The lowest BCUT2D eigenvalue weighted by Gasteiger charge is -2.21. The van der Waals surface area contributed by atoms with Crippen molar-refractivity contribution < 1.29 is 9.90 Å². The number of amides is 1. The zero-order valence-corrected chi connectivity index (χ0v) is 11.2. The Balaban J connectivity index is 0.000000550. The van der Waals surface area contributed by atoms with Crippen molar-refractivity contribution in [1.82, 2.24) is 5.01 Å². The molecule has 1 aliphatic rings. The van der Waals surface area contributed by atoms with Crippen molar-refractivity contribution >= 4 is 12.1 Å². The Hall–Kier alpha value is -2.10. The van der Waals surface area contributed by atoms with Gasteiger partial charge in [0, 0.05) is 19.1 Å². The van der Waals surface area contributed by atoms with E-state index in [0.717, 1.165) is 24.7 Å². The SMILES string of the molecule is C=CO.CCCC(=O)N1N=CCC1c1ccccc1. The molecule has 1 aromatic rings. The van der Waals surface area contributed by atoms with E-state index >= 15 is 0 Å². The molecule has 1 unspecified atom stereocenters. The summed E-state index contributed by atoms with van der Waals surface area (Å²) >= 11 is 0. The molecule has 0 saturated heterocycles. The number of hydrogen-bond acceptors (Lipinski definition) is 3. The standard InChI is InChI=1S/C13H16N2O.C2H4O/c1-2-6-13(16)15-12(9-10-14-15)11-7-4-3-5-8-11;1-2-3/h3-5,7-8,10,12H,2,6,9H2,1H3;2-3H,1H2. The van der Waals surface area contributed by atoms with Crippen LogP contribution in [-0.4, -0.2) is 22.2 Å². The van der Waals surface area contributed by atoms with Gasteiger partial charge < -0.3 is 5.11 Å². The molecule has 0 spiro atoms. The van der Waals surface area contributed by atoms with Gasteiger partial charge in [-0.25, -0.2) is 5.01 Å². The normalized spacial score (nSPS) is 16.7. The monoisotopic (exact) mass is 260 g/mol. The first-order valence-electron chi connectivity index (χ1n) is 6.39. The first-order chi connectivity index (χ1) is 9.24. The number of hydrazone groups is 1. The van der Waals surface area contributed by atoms with Crippen LogP contribution in [0, 0.1) is 0 Å². The van der Waals surface area contributed by atoms with E-state index in [-0.39, 0.29) is 11.9 Å². The molecule has 4 nitrogen and oxygen atoms in total. The van der Waals surface area contributed by atoms with E-state index in [1.165, 1.54) is 0 Å². The lowest BCUT2D eigenvalue weighted by atomic mass is 10.0. The number of rotatable bonds is 3. The summed E-state index contributed by atoms with van der Waals surface area (Å²) in [6.45, 7) is 4.93. The summed E-state index contributed by atoms with van der Waals surface area (Å²) in [6, 6.07) is 10.2. The number of aliphatic hydroxyl groups excluding tert-OH is 1. The van der Waals surface area contributed by atoms with Gasteiger partial charge in [-0.3, -0.25) is 4.79 Å². The van der Waals surface area contributed by atoms with Crippen LogP contribution in [0.5, 0.6) is 0 Å². The molecule has 1 N–H and O–H groups in total. The largest absolute Gasteiger partial charge is 0.516 e. The molecule has 0 fully saturated rings. The van der Waals surface area contributed by atoms with Gasteiger partial charge in [-0.05, 0) is 12.0 Å². The van der Waals surface area contributed by atoms with Gasteiger partial charge in [-0.2, -0.15) is 5.10 Å². The summed E-state index contributed by atoms with van der Waals surface area (Å²) in [6.07, 6.45) is 4.83. The Morgan fingerprint density at radius 3 is 2.74 bits per heavy atom. The van der Waals surface area contributed by atoms with Gasteiger partial charge in [0.15, 0.2) is 0 Å². The summed E-state index contributed by atoms with van der Waals surface area (Å²) in [4.78, 5) is 11.8. The maximum absolute atomic E-state index is 11.8. The van der Waals surface area contributed by atoms with Crippen LogP contribution in [0.1, 0.15) is 37.8 Å². The maximum atomic E-state index is 11.8. The Kier molecular flexibility index (Phi) is 6.36. The molecule has 1 aromatic carbocycles. The third-order valence-corrected chi connectivity index (χ3v) is 2.73. The molecular weight excluding hydrogens is 240 g/mol. The van der Waals surface area contributed by atoms with E-state index in [2.05, 4.69) is 11.7 Å². The molecule has 1 heterocycles. The molecular formula is C15H20N2O2. The second kappa shape index (κ2) is 8.08. The lowest BCUT2D eigenvalue weighted by Crippen LogP contribution is -2.26. The first kappa shape index (κ1) is 15.0. The molecule has 0 saturated carbocycles. The van der Waals surface area contributed by atoms with Crippen LogP contribution >= 0.6 is 0 Å². The van der Waals surface area contributed by atoms with Crippen molar-refractivity contribution in [2.45, 2.75) is 32.2 Å². The summed E-state index contributed by atoms with van der Waals surface area (Å²) in [5.74, 6) is 0.116. The van der Waals surface area contributed by atoms with E-state index < -0.39 is 0 Å². The fourth-order valence-electron chi connectivity index (χ4n) is 1.93. The second-order valence-electron chi connectivity index (χ2n) is 4.13. The van der Waals surface area contributed by atoms with E-state index in [4.69, 9.17) is 5.11 Å². The Morgan fingerprint density at radius 1 is 1.53 bits per heavy atom. The predicted octanol–water partition coefficient (Wildman–Crippen LogP) is 3.43. The minimum Gasteiger partial charge on any atom is -0.516 e. The van der Waals surface area contributed by atoms with Gasteiger partial charge in [-0.15, -0.1) is 0 Å². The highest BCUT2D eigenvalue weighted by Gasteiger charge is 2.26. The number of nitrogens with zero attached hydrogens (tertiary/aromatic N) is 2. The number of carbonyl (C=O) groups is 1. The molecule has 4 heteroatoms. The highest BCUT2D eigenvalue weighted by Crippen LogP contribution is 2.28. The van der Waals surface area contributed by atoms with Gasteiger partial charge in [0.25, 0.3) is 0 Å². The molecule has 102 valence electrons. The van der Waals surface area contributed by atoms with Crippen molar-refractivity contribution in [2.75, 3.05) is 0 Å². The molecule has 1 amide bonds. The van der Waals surface area contributed by atoms with E-state index in [1.54, 1.807) is 5.01 Å². The van der Waals surface area contributed by atoms with E-state index in [0.29, 0.717) is 6.42 Å². The molecule has 1 atom stereocenters. The Bertz CT molecular complexity index is 429. The minimum atomic E-state index is 0.0975. The van der Waals surface area contributed by atoms with Crippen molar-refractivity contribution in [1.29, 1.82) is 0 Å². The maximum Gasteiger partial charge on any atom is 0.243 e. The molecule has 0 radical (unpaired) electrons. The Morgan fingerprint density at radius 2 is 2.16 bits per heavy atom. The van der Waals surface area contributed by atoms with Gasteiger partial charge >= 0.3 is 0 Å². The smallest absolute Gasteiger partial charge is 0.243 e. The fraction of sp³-hybridized carbons (Fsp3) is 0.333. The lowest BCUT2D eigenvalue weighted by molar-refractivity contribution is -0.133. The van der Waals surface area contributed by atoms with Crippen LogP contribution in [0.25, 0.3) is 0 Å². The predicted molar refractivity (Wildman–Crippen MR) is 76.9 cm³/mol. The molecule has 2 rings (SSSR count). The molecule has 19 heavy (non-hydrogen) atoms. The van der Waals surface area contributed by atoms with Gasteiger partial charge in [0.05, 0.1) is 12.3 Å². The topological polar surface area (TPSA) is 52.9 Å². The summed E-state index contributed by atoms with van der Waals surface area (Å²) in [5, 5.41) is 13.1. The zero-order chi connectivity index (χ0) is 14.1. The van der Waals surface area contributed by atoms with Crippen LogP contribution in [0.15, 0.2) is 48.3 Å². The summed E-state index contributed by atoms with van der Waals surface area (Å²) in [5.41, 5.74) is 1.16. The van der Waals surface area contributed by atoms with Crippen molar-refractivity contribution in [2.24, 2.45) is 5.10 Å². The van der Waals surface area contributed by atoms with Crippen LogP contribution in [-0.2, 0) is 4.79 Å². The third kappa shape index (κ3) is 4.25. The minimum absolute atomic E-state index is 0.0975. The number of carbonyl (C=O) groups excluding carboxylic acids is 1.